The van der Waals surface area contributed by atoms with Crippen LogP contribution in [0.3, 0.4) is 0 Å². The molecule has 0 radical (unpaired) electrons. The van der Waals surface area contributed by atoms with Crippen LogP contribution in [0.4, 0.5) is 0 Å². The number of hydrogen-bond acceptors (Lipinski definition) is 5. The molecule has 0 spiro atoms. The van der Waals surface area contributed by atoms with E-state index in [1.165, 1.54) is 0 Å². The smallest absolute Gasteiger partial charge is 0.321 e. The predicted molar refractivity (Wildman–Crippen MR) is 75.3 cm³/mol. The fourth-order valence-corrected chi connectivity index (χ4v) is 3.39. The highest BCUT2D eigenvalue weighted by molar-refractivity contribution is 6.44. The maximum absolute atomic E-state index is 5.90. The van der Waals surface area contributed by atoms with E-state index in [0.29, 0.717) is 13.2 Å². The van der Waals surface area contributed by atoms with Gasteiger partial charge in [0.25, 0.3) is 0 Å². The van der Waals surface area contributed by atoms with Crippen LogP contribution in [-0.4, -0.2) is 48.4 Å². The second kappa shape index (κ2) is 9.04. The molecule has 19 heavy (non-hydrogen) atoms. The van der Waals surface area contributed by atoms with Crippen LogP contribution in [0.5, 0.6) is 0 Å². The van der Waals surface area contributed by atoms with Crippen molar-refractivity contribution < 1.29 is 23.4 Å². The molecule has 6 heteroatoms. The number of epoxide rings is 1. The van der Waals surface area contributed by atoms with E-state index in [2.05, 4.69) is 20.8 Å². The fraction of sp³-hybridized carbons (Fsp3) is 1.00. The molecule has 2 atom stereocenters. The third-order valence-electron chi connectivity index (χ3n) is 2.46. The van der Waals surface area contributed by atoms with E-state index >= 15 is 0 Å². The number of ether oxygens (including phenoxy) is 1. The lowest BCUT2D eigenvalue weighted by Crippen LogP contribution is -2.28. The molecule has 0 N–H and O–H groups in total. The largest absolute Gasteiger partial charge is 0.397 e. The maximum Gasteiger partial charge on any atom is 0.321 e. The molecule has 0 amide bonds. The molecule has 1 heterocycles. The highest BCUT2D eigenvalue weighted by atomic mass is 28.3. The topological polar surface area (TPSA) is 49.5 Å². The second-order valence-corrected chi connectivity index (χ2v) is 8.06. The molecule has 114 valence electrons. The quantitative estimate of drug-likeness (QED) is 0.192. The van der Waals surface area contributed by atoms with Crippen molar-refractivity contribution in [1.29, 1.82) is 0 Å². The summed E-state index contributed by atoms with van der Waals surface area (Å²) in [6.07, 6.45) is 1.16. The molecule has 0 aromatic heterocycles. The van der Waals surface area contributed by atoms with Crippen molar-refractivity contribution in [1.82, 2.24) is 0 Å². The molecule has 1 saturated heterocycles. The van der Waals surface area contributed by atoms with Crippen molar-refractivity contribution in [2.75, 3.05) is 33.0 Å². The van der Waals surface area contributed by atoms with Crippen LogP contribution in [0.2, 0.25) is 6.04 Å². The zero-order chi connectivity index (χ0) is 14.1. The SMILES string of the molecule is CCO[SiH](CCCOOCC1CO1)OCC(C)(C)C. The first-order valence-electron chi connectivity index (χ1n) is 7.10. The van der Waals surface area contributed by atoms with Crippen molar-refractivity contribution in [3.05, 3.63) is 0 Å². The Balaban J connectivity index is 2.00. The van der Waals surface area contributed by atoms with Gasteiger partial charge in [-0.2, -0.15) is 0 Å². The third kappa shape index (κ3) is 10.5. The van der Waals surface area contributed by atoms with Crippen molar-refractivity contribution >= 4 is 9.28 Å². The molecule has 0 aliphatic carbocycles. The fourth-order valence-electron chi connectivity index (χ4n) is 1.40. The van der Waals surface area contributed by atoms with Gasteiger partial charge in [0.1, 0.15) is 12.7 Å². The Morgan fingerprint density at radius 3 is 2.53 bits per heavy atom. The van der Waals surface area contributed by atoms with Crippen LogP contribution < -0.4 is 0 Å². The van der Waals surface area contributed by atoms with Crippen LogP contribution in [0.25, 0.3) is 0 Å². The van der Waals surface area contributed by atoms with Crippen LogP contribution in [-0.2, 0) is 23.4 Å². The molecule has 1 rings (SSSR count). The minimum atomic E-state index is -1.55. The van der Waals surface area contributed by atoms with E-state index in [1.807, 2.05) is 6.92 Å². The molecule has 1 aliphatic rings. The van der Waals surface area contributed by atoms with Gasteiger partial charge in [-0.1, -0.05) is 20.8 Å². The third-order valence-corrected chi connectivity index (χ3v) is 4.59. The van der Waals surface area contributed by atoms with Crippen LogP contribution >= 0.6 is 0 Å². The number of rotatable bonds is 11. The summed E-state index contributed by atoms with van der Waals surface area (Å²) in [7, 11) is -1.55. The van der Waals surface area contributed by atoms with Crippen molar-refractivity contribution in [2.45, 2.75) is 46.3 Å². The van der Waals surface area contributed by atoms with E-state index in [0.717, 1.165) is 32.3 Å². The summed E-state index contributed by atoms with van der Waals surface area (Å²) >= 11 is 0. The molecule has 0 aromatic rings. The molecule has 5 nitrogen and oxygen atoms in total. The van der Waals surface area contributed by atoms with Crippen LogP contribution in [0.15, 0.2) is 0 Å². The van der Waals surface area contributed by atoms with Gasteiger partial charge in [0.2, 0.25) is 0 Å². The Labute approximate surface area is 118 Å². The molecule has 0 saturated carbocycles. The van der Waals surface area contributed by atoms with Gasteiger partial charge in [0.15, 0.2) is 0 Å². The minimum Gasteiger partial charge on any atom is -0.397 e. The van der Waals surface area contributed by atoms with E-state index in [4.69, 9.17) is 23.4 Å². The summed E-state index contributed by atoms with van der Waals surface area (Å²) < 4.78 is 16.6. The van der Waals surface area contributed by atoms with Gasteiger partial charge >= 0.3 is 9.28 Å². The van der Waals surface area contributed by atoms with E-state index in [-0.39, 0.29) is 11.5 Å². The van der Waals surface area contributed by atoms with Gasteiger partial charge < -0.3 is 13.6 Å². The Morgan fingerprint density at radius 1 is 1.21 bits per heavy atom. The van der Waals surface area contributed by atoms with E-state index < -0.39 is 9.28 Å². The Morgan fingerprint density at radius 2 is 1.95 bits per heavy atom. The average Bonchev–Trinajstić information content (AvgIpc) is 3.13. The molecule has 0 aromatic carbocycles. The molecular formula is C13H28O5Si. The average molecular weight is 292 g/mol. The Kier molecular flexibility index (Phi) is 8.13. The van der Waals surface area contributed by atoms with Crippen LogP contribution in [0.1, 0.15) is 34.1 Å². The zero-order valence-electron chi connectivity index (χ0n) is 12.6. The number of hydrogen-bond donors (Lipinski definition) is 0. The monoisotopic (exact) mass is 292 g/mol. The van der Waals surface area contributed by atoms with Crippen LogP contribution in [0, 0.1) is 5.41 Å². The first kappa shape index (κ1) is 17.1. The van der Waals surface area contributed by atoms with Crippen molar-refractivity contribution in [3.63, 3.8) is 0 Å². The minimum absolute atomic E-state index is 0.187. The molecule has 1 fully saturated rings. The highest BCUT2D eigenvalue weighted by Crippen LogP contribution is 2.15. The molecular weight excluding hydrogens is 264 g/mol. The molecule has 2 unspecified atom stereocenters. The normalized spacial score (nSPS) is 20.5. The Hall–Kier alpha value is 0.0169. The lowest BCUT2D eigenvalue weighted by Gasteiger charge is -2.23. The van der Waals surface area contributed by atoms with Gasteiger partial charge in [-0.3, -0.25) is 0 Å². The summed E-state index contributed by atoms with van der Waals surface area (Å²) in [4.78, 5) is 10.1. The Bertz CT molecular complexity index is 228. The summed E-state index contributed by atoms with van der Waals surface area (Å²) in [6, 6.07) is 0.952. The first-order chi connectivity index (χ1) is 9.01. The van der Waals surface area contributed by atoms with Gasteiger partial charge in [0.05, 0.1) is 13.2 Å². The predicted octanol–water partition coefficient (Wildman–Crippen LogP) is 2.04. The summed E-state index contributed by atoms with van der Waals surface area (Å²) in [5.74, 6) is 0. The second-order valence-electron chi connectivity index (χ2n) is 5.96. The summed E-state index contributed by atoms with van der Waals surface area (Å²) in [5.41, 5.74) is 0.187. The van der Waals surface area contributed by atoms with Crippen molar-refractivity contribution in [2.24, 2.45) is 5.41 Å². The lowest BCUT2D eigenvalue weighted by molar-refractivity contribution is -0.296. The lowest BCUT2D eigenvalue weighted by atomic mass is 9.99. The summed E-state index contributed by atoms with van der Waals surface area (Å²) in [6.45, 7) is 11.9. The van der Waals surface area contributed by atoms with E-state index in [1.54, 1.807) is 0 Å². The summed E-state index contributed by atoms with van der Waals surface area (Å²) in [5, 5.41) is 0. The van der Waals surface area contributed by atoms with Gasteiger partial charge in [-0.05, 0) is 24.8 Å². The molecule has 0 bridgehead atoms. The first-order valence-corrected chi connectivity index (χ1v) is 8.86. The van der Waals surface area contributed by atoms with Crippen molar-refractivity contribution in [3.8, 4) is 0 Å². The zero-order valence-corrected chi connectivity index (χ0v) is 13.8. The van der Waals surface area contributed by atoms with Gasteiger partial charge in [-0.15, -0.1) is 0 Å². The standard InChI is InChI=1S/C13H28O5Si/c1-5-17-19(18-11-13(2,3)4)8-6-7-15-16-10-12-9-14-12/h12,19H,5-11H2,1-4H3. The highest BCUT2D eigenvalue weighted by Gasteiger charge is 2.23. The van der Waals surface area contributed by atoms with Gasteiger partial charge in [0, 0.05) is 13.2 Å². The maximum atomic E-state index is 5.90. The van der Waals surface area contributed by atoms with Gasteiger partial charge in [-0.25, -0.2) is 9.78 Å². The molecule has 1 aliphatic heterocycles. The van der Waals surface area contributed by atoms with E-state index in [9.17, 15) is 0 Å².